The summed E-state index contributed by atoms with van der Waals surface area (Å²) in [5.41, 5.74) is 52.5. The van der Waals surface area contributed by atoms with Crippen LogP contribution in [0.1, 0.15) is 0 Å². The van der Waals surface area contributed by atoms with Gasteiger partial charge in [0.05, 0.1) is 67.2 Å². The first-order valence-electron chi connectivity index (χ1n) is 17.1. The molecule has 0 spiro atoms. The highest BCUT2D eigenvalue weighted by atomic mass is 14.9. The second-order valence-electron chi connectivity index (χ2n) is 13.4. The van der Waals surface area contributed by atoms with Gasteiger partial charge in [-0.25, -0.2) is 29.9 Å². The fourth-order valence-electron chi connectivity index (χ4n) is 6.96. The van der Waals surface area contributed by atoms with Crippen molar-refractivity contribution in [2.45, 2.75) is 0 Å². The first kappa shape index (κ1) is 30.9. The molecule has 7 aromatic carbocycles. The smallest absolute Gasteiger partial charge is 0.120 e. The van der Waals surface area contributed by atoms with Crippen molar-refractivity contribution in [3.8, 4) is 33.4 Å². The van der Waals surface area contributed by atoms with Crippen molar-refractivity contribution in [3.63, 3.8) is 0 Å². The summed E-state index contributed by atoms with van der Waals surface area (Å²) in [5.74, 6) is 0. The number of nitrogens with zero attached hydrogens (tertiary/aromatic N) is 6. The van der Waals surface area contributed by atoms with Gasteiger partial charge in [-0.2, -0.15) is 0 Å². The van der Waals surface area contributed by atoms with Crippen LogP contribution in [0.2, 0.25) is 0 Å². The lowest BCUT2D eigenvalue weighted by Crippen LogP contribution is -1.99. The van der Waals surface area contributed by atoms with Crippen LogP contribution in [0, 0.1) is 0 Å². The number of rotatable bonds is 3. The zero-order valence-electron chi connectivity index (χ0n) is 28.5. The largest absolute Gasteiger partial charge is 0.397 e. The van der Waals surface area contributed by atoms with E-state index in [1.165, 1.54) is 0 Å². The molecular formula is C42H30N12. The average Bonchev–Trinajstić information content (AvgIpc) is 3.18. The van der Waals surface area contributed by atoms with Crippen LogP contribution >= 0.6 is 0 Å². The van der Waals surface area contributed by atoms with Gasteiger partial charge in [0.25, 0.3) is 0 Å². The molecule has 0 fully saturated rings. The predicted octanol–water partition coefficient (Wildman–Crippen LogP) is 7.47. The van der Waals surface area contributed by atoms with Crippen LogP contribution in [-0.2, 0) is 0 Å². The third-order valence-corrected chi connectivity index (χ3v) is 9.93. The molecule has 0 atom stereocenters. The number of hydrogen-bond acceptors (Lipinski definition) is 12. The Morgan fingerprint density at radius 3 is 0.704 bits per heavy atom. The summed E-state index contributed by atoms with van der Waals surface area (Å²) in [5, 5.41) is 0. The van der Waals surface area contributed by atoms with Crippen molar-refractivity contribution in [2.75, 3.05) is 34.4 Å². The normalized spacial score (nSPS) is 11.8. The molecule has 0 aliphatic rings. The number of anilines is 6. The van der Waals surface area contributed by atoms with Gasteiger partial charge < -0.3 is 34.4 Å². The second-order valence-corrected chi connectivity index (χ2v) is 13.4. The average molecular weight is 703 g/mol. The Bertz CT molecular complexity index is 2880. The second kappa shape index (κ2) is 11.3. The van der Waals surface area contributed by atoms with Gasteiger partial charge in [0.2, 0.25) is 0 Å². The number of benzene rings is 7. The molecule has 3 heterocycles. The van der Waals surface area contributed by atoms with E-state index >= 15 is 0 Å². The zero-order chi connectivity index (χ0) is 36.8. The summed E-state index contributed by atoms with van der Waals surface area (Å²) in [7, 11) is 0. The van der Waals surface area contributed by atoms with Gasteiger partial charge in [0, 0.05) is 0 Å². The quantitative estimate of drug-likeness (QED) is 0.0598. The lowest BCUT2D eigenvalue weighted by molar-refractivity contribution is 1.34. The Labute approximate surface area is 306 Å². The molecule has 10 rings (SSSR count). The first-order chi connectivity index (χ1) is 26.2. The molecule has 0 unspecified atom stereocenters. The van der Waals surface area contributed by atoms with Crippen LogP contribution in [-0.4, -0.2) is 29.9 Å². The van der Waals surface area contributed by atoms with E-state index in [1.54, 1.807) is 18.2 Å². The molecule has 0 aliphatic carbocycles. The third kappa shape index (κ3) is 4.85. The summed E-state index contributed by atoms with van der Waals surface area (Å²) < 4.78 is 0. The van der Waals surface area contributed by atoms with E-state index in [1.807, 2.05) is 91.0 Å². The Kier molecular flexibility index (Phi) is 6.48. The topological polar surface area (TPSA) is 233 Å². The Balaban J connectivity index is 1.26. The van der Waals surface area contributed by atoms with Gasteiger partial charge in [-0.05, 0) is 106 Å². The number of fused-ring (bicyclic) bond motifs is 9. The maximum atomic E-state index is 6.15. The fourth-order valence-corrected chi connectivity index (χ4v) is 6.96. The minimum Gasteiger partial charge on any atom is -0.397 e. The maximum Gasteiger partial charge on any atom is 0.120 e. The van der Waals surface area contributed by atoms with E-state index in [-0.39, 0.29) is 0 Å². The zero-order valence-corrected chi connectivity index (χ0v) is 28.5. The number of aromatic nitrogens is 6. The molecule has 12 N–H and O–H groups in total. The molecule has 0 radical (unpaired) electrons. The summed E-state index contributed by atoms with van der Waals surface area (Å²) in [6, 6.07) is 34.5. The van der Waals surface area contributed by atoms with Gasteiger partial charge in [-0.15, -0.1) is 0 Å². The molecule has 0 bridgehead atoms. The molecule has 0 amide bonds. The van der Waals surface area contributed by atoms with Crippen molar-refractivity contribution in [1.29, 1.82) is 0 Å². The van der Waals surface area contributed by atoms with E-state index < -0.39 is 0 Å². The van der Waals surface area contributed by atoms with Crippen LogP contribution in [0.4, 0.5) is 34.1 Å². The molecule has 3 aromatic heterocycles. The molecule has 258 valence electrons. The summed E-state index contributed by atoms with van der Waals surface area (Å²) in [6.07, 6.45) is 0. The summed E-state index contributed by atoms with van der Waals surface area (Å²) in [6.45, 7) is 0. The van der Waals surface area contributed by atoms with Gasteiger partial charge in [0.15, 0.2) is 0 Å². The van der Waals surface area contributed by atoms with Crippen LogP contribution < -0.4 is 34.4 Å². The minimum atomic E-state index is 0.508. The summed E-state index contributed by atoms with van der Waals surface area (Å²) >= 11 is 0. The molecule has 54 heavy (non-hydrogen) atoms. The number of nitrogens with two attached hydrogens (primary N) is 6. The molecular weight excluding hydrogens is 673 g/mol. The Morgan fingerprint density at radius 1 is 0.222 bits per heavy atom. The van der Waals surface area contributed by atoms with Crippen molar-refractivity contribution in [1.82, 2.24) is 29.9 Å². The van der Waals surface area contributed by atoms with Crippen molar-refractivity contribution >= 4 is 100 Å². The fraction of sp³-hybridized carbons (Fsp3) is 0. The highest BCUT2D eigenvalue weighted by molar-refractivity contribution is 6.21. The molecule has 0 saturated carbocycles. The third-order valence-electron chi connectivity index (χ3n) is 9.93. The van der Waals surface area contributed by atoms with E-state index in [9.17, 15) is 0 Å². The monoisotopic (exact) mass is 702 g/mol. The standard InChI is InChI=1S/C42H30N12/c43-25-7-1-19(13-28(25)46)22-4-10-31-34(16-22)52-40-37(49-31)41-39(51-33-12-6-24(18-36(33)53-41)21-3-9-27(45)30(48)15-21)42-38(40)50-32-11-5-23(17-35(32)54-42)20-2-8-26(44)29(47)14-20/h1-18H,43-48H2. The lowest BCUT2D eigenvalue weighted by atomic mass is 10.0. The lowest BCUT2D eigenvalue weighted by Gasteiger charge is -2.12. The van der Waals surface area contributed by atoms with Crippen LogP contribution in [0.3, 0.4) is 0 Å². The van der Waals surface area contributed by atoms with E-state index in [0.717, 1.165) is 33.4 Å². The number of nitrogen functional groups attached to an aromatic ring is 6. The van der Waals surface area contributed by atoms with Crippen molar-refractivity contribution in [2.24, 2.45) is 0 Å². The maximum absolute atomic E-state index is 6.15. The van der Waals surface area contributed by atoms with Gasteiger partial charge in [-0.3, -0.25) is 0 Å². The molecule has 12 nitrogen and oxygen atoms in total. The highest BCUT2D eigenvalue weighted by Crippen LogP contribution is 2.36. The SMILES string of the molecule is Nc1ccc(-c2ccc3nc4c5nc6cc(-c7ccc(N)c(N)c7)ccc6nc5c5nc6cc(-c7ccc(N)c(N)c7)ccc6nc5c4nc3c2)cc1N. The van der Waals surface area contributed by atoms with E-state index in [0.29, 0.717) is 100 Å². The minimum absolute atomic E-state index is 0.508. The van der Waals surface area contributed by atoms with Gasteiger partial charge >= 0.3 is 0 Å². The molecule has 10 aromatic rings. The number of hydrogen-bond donors (Lipinski definition) is 6. The van der Waals surface area contributed by atoms with Crippen LogP contribution in [0.5, 0.6) is 0 Å². The van der Waals surface area contributed by atoms with Gasteiger partial charge in [0.1, 0.15) is 33.1 Å². The predicted molar refractivity (Wildman–Crippen MR) is 221 cm³/mol. The molecule has 0 saturated heterocycles. The molecule has 0 aliphatic heterocycles. The van der Waals surface area contributed by atoms with Crippen molar-refractivity contribution < 1.29 is 0 Å². The van der Waals surface area contributed by atoms with E-state index in [2.05, 4.69) is 0 Å². The van der Waals surface area contributed by atoms with Crippen LogP contribution in [0.15, 0.2) is 109 Å². The Morgan fingerprint density at radius 2 is 0.444 bits per heavy atom. The molecule has 12 heteroatoms. The summed E-state index contributed by atoms with van der Waals surface area (Å²) in [4.78, 5) is 31.0. The van der Waals surface area contributed by atoms with Crippen molar-refractivity contribution in [3.05, 3.63) is 109 Å². The van der Waals surface area contributed by atoms with Crippen LogP contribution in [0.25, 0.3) is 99.6 Å². The highest BCUT2D eigenvalue weighted by Gasteiger charge is 2.20. The first-order valence-corrected chi connectivity index (χ1v) is 17.1. The Hall–Kier alpha value is -7.86. The van der Waals surface area contributed by atoms with Gasteiger partial charge in [-0.1, -0.05) is 36.4 Å². The van der Waals surface area contributed by atoms with E-state index in [4.69, 9.17) is 64.3 Å².